The van der Waals surface area contributed by atoms with Crippen molar-refractivity contribution in [1.29, 1.82) is 0 Å². The van der Waals surface area contributed by atoms with Crippen LogP contribution in [0.5, 0.6) is 5.75 Å². The van der Waals surface area contributed by atoms with Crippen molar-refractivity contribution in [3.63, 3.8) is 0 Å². The highest BCUT2D eigenvalue weighted by atomic mass is 32.1. The molecule has 0 radical (unpaired) electrons. The molecule has 0 aliphatic rings. The van der Waals surface area contributed by atoms with Crippen molar-refractivity contribution in [3.05, 3.63) is 34.2 Å². The molecule has 2 aromatic rings. The van der Waals surface area contributed by atoms with Gasteiger partial charge in [0.15, 0.2) is 0 Å². The van der Waals surface area contributed by atoms with Gasteiger partial charge in [-0.15, -0.1) is 11.3 Å². The van der Waals surface area contributed by atoms with Gasteiger partial charge < -0.3 is 10.5 Å². The van der Waals surface area contributed by atoms with Crippen molar-refractivity contribution in [1.82, 2.24) is 4.98 Å². The molecule has 0 spiro atoms. The van der Waals surface area contributed by atoms with Gasteiger partial charge in [-0.05, 0) is 43.5 Å². The van der Waals surface area contributed by atoms with Crippen LogP contribution in [0.2, 0.25) is 0 Å². The second kappa shape index (κ2) is 7.79. The molecular formula is C16H22N4OS. The van der Waals surface area contributed by atoms with Gasteiger partial charge in [-0.25, -0.2) is 4.98 Å². The Labute approximate surface area is 135 Å². The molecule has 5 nitrogen and oxygen atoms in total. The highest BCUT2D eigenvalue weighted by Gasteiger charge is 2.04. The number of aryl methyl sites for hydroxylation is 2. The molecule has 0 saturated heterocycles. The fourth-order valence-electron chi connectivity index (χ4n) is 2.05. The zero-order valence-electron chi connectivity index (χ0n) is 13.2. The summed E-state index contributed by atoms with van der Waals surface area (Å²) in [5.41, 5.74) is 11.8. The van der Waals surface area contributed by atoms with Crippen LogP contribution in [0.3, 0.4) is 0 Å². The lowest BCUT2D eigenvalue weighted by atomic mass is 10.0. The number of nitrogens with two attached hydrogens (primary N) is 1. The number of nitrogen functional groups attached to an aromatic ring is 1. The molecule has 118 valence electrons. The minimum Gasteiger partial charge on any atom is -0.494 e. The molecule has 0 aliphatic heterocycles. The van der Waals surface area contributed by atoms with Crippen LogP contribution in [0.1, 0.15) is 36.5 Å². The van der Waals surface area contributed by atoms with E-state index in [-0.39, 0.29) is 0 Å². The van der Waals surface area contributed by atoms with Crippen LogP contribution in [-0.4, -0.2) is 17.8 Å². The predicted octanol–water partition coefficient (Wildman–Crippen LogP) is 3.97. The average molecular weight is 318 g/mol. The third kappa shape index (κ3) is 4.46. The molecule has 22 heavy (non-hydrogen) atoms. The van der Waals surface area contributed by atoms with Gasteiger partial charge in [0.2, 0.25) is 5.13 Å². The van der Waals surface area contributed by atoms with E-state index in [1.807, 2.05) is 12.1 Å². The third-order valence-corrected chi connectivity index (χ3v) is 3.97. The number of nitrogens with one attached hydrogen (secondary N) is 1. The number of unbranched alkanes of at least 4 members (excludes halogenated alkanes) is 1. The number of thiazole rings is 1. The SMILES string of the molecule is CCCCOc1cc(C)c(C=NNc2nc(N)cs2)c(C)c1. The van der Waals surface area contributed by atoms with E-state index in [2.05, 4.69) is 36.3 Å². The highest BCUT2D eigenvalue weighted by molar-refractivity contribution is 7.14. The summed E-state index contributed by atoms with van der Waals surface area (Å²) >= 11 is 1.43. The van der Waals surface area contributed by atoms with Crippen LogP contribution < -0.4 is 15.9 Å². The van der Waals surface area contributed by atoms with Crippen molar-refractivity contribution in [3.8, 4) is 5.75 Å². The van der Waals surface area contributed by atoms with Crippen LogP contribution in [0.15, 0.2) is 22.6 Å². The first kappa shape index (κ1) is 16.3. The fourth-order valence-corrected chi connectivity index (χ4v) is 2.59. The van der Waals surface area contributed by atoms with Crippen molar-refractivity contribution in [2.24, 2.45) is 5.10 Å². The second-order valence-corrected chi connectivity index (χ2v) is 5.98. The van der Waals surface area contributed by atoms with E-state index in [0.717, 1.165) is 41.9 Å². The Kier molecular flexibility index (Phi) is 5.77. The Hall–Kier alpha value is -2.08. The van der Waals surface area contributed by atoms with E-state index in [9.17, 15) is 0 Å². The Morgan fingerprint density at radius 1 is 1.36 bits per heavy atom. The lowest BCUT2D eigenvalue weighted by molar-refractivity contribution is 0.309. The lowest BCUT2D eigenvalue weighted by Crippen LogP contribution is -2.00. The molecule has 6 heteroatoms. The monoisotopic (exact) mass is 318 g/mol. The first-order valence-corrected chi connectivity index (χ1v) is 8.22. The number of benzene rings is 1. The van der Waals surface area contributed by atoms with Crippen LogP contribution >= 0.6 is 11.3 Å². The van der Waals surface area contributed by atoms with Gasteiger partial charge in [0, 0.05) is 10.9 Å². The van der Waals surface area contributed by atoms with Crippen LogP contribution in [-0.2, 0) is 0 Å². The molecule has 0 saturated carbocycles. The Morgan fingerprint density at radius 2 is 2.09 bits per heavy atom. The number of ether oxygens (including phenoxy) is 1. The molecule has 0 unspecified atom stereocenters. The quantitative estimate of drug-likeness (QED) is 0.460. The van der Waals surface area contributed by atoms with Crippen LogP contribution in [0.25, 0.3) is 0 Å². The van der Waals surface area contributed by atoms with E-state index in [1.54, 1.807) is 11.6 Å². The zero-order valence-corrected chi connectivity index (χ0v) is 14.0. The third-order valence-electron chi connectivity index (χ3n) is 3.21. The maximum absolute atomic E-state index is 5.76. The minimum absolute atomic E-state index is 0.503. The smallest absolute Gasteiger partial charge is 0.205 e. The van der Waals surface area contributed by atoms with Crippen molar-refractivity contribution in [2.45, 2.75) is 33.6 Å². The van der Waals surface area contributed by atoms with Crippen LogP contribution in [0.4, 0.5) is 10.9 Å². The number of nitrogens with zero attached hydrogens (tertiary/aromatic N) is 2. The molecule has 0 fully saturated rings. The van der Waals surface area contributed by atoms with E-state index in [0.29, 0.717) is 10.9 Å². The largest absolute Gasteiger partial charge is 0.494 e. The summed E-state index contributed by atoms with van der Waals surface area (Å²) in [5, 5.41) is 6.69. The first-order valence-electron chi connectivity index (χ1n) is 7.34. The average Bonchev–Trinajstić information content (AvgIpc) is 2.88. The van der Waals surface area contributed by atoms with Gasteiger partial charge in [-0.3, -0.25) is 5.43 Å². The van der Waals surface area contributed by atoms with Gasteiger partial charge in [-0.1, -0.05) is 13.3 Å². The topological polar surface area (TPSA) is 72.5 Å². The lowest BCUT2D eigenvalue weighted by Gasteiger charge is -2.10. The number of hydrogen-bond donors (Lipinski definition) is 2. The summed E-state index contributed by atoms with van der Waals surface area (Å²) in [7, 11) is 0. The number of anilines is 2. The molecular weight excluding hydrogens is 296 g/mol. The standard InChI is InChI=1S/C16H22N4OS/c1-4-5-6-21-13-7-11(2)14(12(3)8-13)9-18-20-16-19-15(17)10-22-16/h7-10H,4-6,17H2,1-3H3,(H,19,20). The zero-order chi connectivity index (χ0) is 15.9. The van der Waals surface area contributed by atoms with Crippen molar-refractivity contribution >= 4 is 28.5 Å². The molecule has 0 bridgehead atoms. The van der Waals surface area contributed by atoms with Gasteiger partial charge in [0.25, 0.3) is 0 Å². The molecule has 0 atom stereocenters. The van der Waals surface area contributed by atoms with Gasteiger partial charge >= 0.3 is 0 Å². The first-order chi connectivity index (χ1) is 10.6. The normalized spacial score (nSPS) is 11.0. The Morgan fingerprint density at radius 3 is 2.68 bits per heavy atom. The van der Waals surface area contributed by atoms with Gasteiger partial charge in [0.1, 0.15) is 11.6 Å². The van der Waals surface area contributed by atoms with E-state index in [1.165, 1.54) is 11.3 Å². The minimum atomic E-state index is 0.503. The predicted molar refractivity (Wildman–Crippen MR) is 94.1 cm³/mol. The van der Waals surface area contributed by atoms with Crippen molar-refractivity contribution < 1.29 is 4.74 Å². The maximum atomic E-state index is 5.76. The second-order valence-electron chi connectivity index (χ2n) is 5.12. The van der Waals surface area contributed by atoms with Gasteiger partial charge in [0.05, 0.1) is 12.8 Å². The summed E-state index contributed by atoms with van der Waals surface area (Å²) in [6, 6.07) is 4.09. The summed E-state index contributed by atoms with van der Waals surface area (Å²) in [5.74, 6) is 1.42. The number of rotatable bonds is 7. The molecule has 3 N–H and O–H groups in total. The number of hydrazone groups is 1. The molecule has 0 aliphatic carbocycles. The number of hydrogen-bond acceptors (Lipinski definition) is 6. The molecule has 1 heterocycles. The fraction of sp³-hybridized carbons (Fsp3) is 0.375. The van der Waals surface area contributed by atoms with Crippen LogP contribution in [0, 0.1) is 13.8 Å². The van der Waals surface area contributed by atoms with E-state index in [4.69, 9.17) is 10.5 Å². The maximum Gasteiger partial charge on any atom is 0.205 e. The Balaban J connectivity index is 2.04. The van der Waals surface area contributed by atoms with Gasteiger partial charge in [-0.2, -0.15) is 5.10 Å². The molecule has 0 amide bonds. The number of aromatic nitrogens is 1. The summed E-state index contributed by atoms with van der Waals surface area (Å²) < 4.78 is 5.76. The molecule has 1 aromatic heterocycles. The van der Waals surface area contributed by atoms with E-state index < -0.39 is 0 Å². The van der Waals surface area contributed by atoms with E-state index >= 15 is 0 Å². The summed E-state index contributed by atoms with van der Waals surface area (Å²) in [6.45, 7) is 7.03. The summed E-state index contributed by atoms with van der Waals surface area (Å²) in [4.78, 5) is 4.09. The van der Waals surface area contributed by atoms with Crippen molar-refractivity contribution in [2.75, 3.05) is 17.8 Å². The Bertz CT molecular complexity index is 628. The highest BCUT2D eigenvalue weighted by Crippen LogP contribution is 2.21. The molecule has 1 aromatic carbocycles. The summed E-state index contributed by atoms with van der Waals surface area (Å²) in [6.07, 6.45) is 4.01. The molecule has 2 rings (SSSR count).